The molecule has 0 saturated heterocycles. The Kier molecular flexibility index (Phi) is 28.3. The van der Waals surface area contributed by atoms with Crippen molar-refractivity contribution in [3.63, 3.8) is 0 Å². The predicted molar refractivity (Wildman–Crippen MR) is 19.0 cm³/mol. The summed E-state index contributed by atoms with van der Waals surface area (Å²) < 4.78 is 0. The molecule has 0 saturated carbocycles. The van der Waals surface area contributed by atoms with Gasteiger partial charge in [-0.25, -0.2) is 0 Å². The van der Waals surface area contributed by atoms with Crippen LogP contribution in [-0.4, -0.2) is 17.6 Å². The Labute approximate surface area is 33.9 Å². The molecule has 4 heteroatoms. The fourth-order valence-electron chi connectivity index (χ4n) is 0. The summed E-state index contributed by atoms with van der Waals surface area (Å²) in [5.74, 6) is 0. The molecule has 0 spiro atoms. The van der Waals surface area contributed by atoms with Crippen LogP contribution < -0.4 is 5.34 Å². The zero-order valence-corrected chi connectivity index (χ0v) is 1.32. The van der Waals surface area contributed by atoms with Crippen LogP contribution in [0.2, 0.25) is 0 Å². The van der Waals surface area contributed by atoms with Crippen LogP contribution in [0.3, 0.4) is 0 Å². The van der Waals surface area contributed by atoms with Crippen LogP contribution in [0.25, 0.3) is 0 Å². The van der Waals surface area contributed by atoms with Crippen LogP contribution in [0.5, 0.6) is 0 Å². The topological polar surface area (TPSA) is 54.1 Å². The van der Waals surface area contributed by atoms with Gasteiger partial charge in [-0.15, -0.1) is 0 Å². The van der Waals surface area contributed by atoms with E-state index in [2.05, 4.69) is 0 Å². The van der Waals surface area contributed by atoms with Gasteiger partial charge in [0.2, 0.25) is 0 Å². The molecule has 0 aromatic heterocycles. The molecule has 0 aliphatic carbocycles. The molecule has 0 aliphatic rings. The maximum absolute atomic E-state index is 8.12. The second kappa shape index (κ2) is 12.5. The van der Waals surface area contributed by atoms with Crippen molar-refractivity contribution in [3.8, 4) is 0 Å². The van der Waals surface area contributed by atoms with Crippen molar-refractivity contribution in [2.45, 2.75) is 0 Å². The van der Waals surface area contributed by atoms with Crippen molar-refractivity contribution in [1.29, 1.82) is 0 Å². The van der Waals surface area contributed by atoms with Gasteiger partial charge in [-0.3, -0.25) is 10.1 Å². The van der Waals surface area contributed by atoms with E-state index in [4.69, 9.17) is 10.1 Å². The van der Waals surface area contributed by atoms with Crippen molar-refractivity contribution in [1.82, 2.24) is 0 Å². The third kappa shape index (κ3) is 529. The Hall–Kier alpha value is -0.0571. The van der Waals surface area contributed by atoms with E-state index < -0.39 is 0 Å². The van der Waals surface area contributed by atoms with Crippen LogP contribution in [0.4, 0.5) is 0 Å². The van der Waals surface area contributed by atoms with Crippen LogP contribution in [0.1, 0.15) is 0 Å². The summed E-state index contributed by atoms with van der Waals surface area (Å²) in [7, 11) is 0. The predicted octanol–water partition coefficient (Wildman–Crippen LogP) is -3.12. The number of nitrogens with one attached hydrogen (secondary N) is 1. The normalized spacial score (nSPS) is 3.00. The van der Waals surface area contributed by atoms with Crippen LogP contribution in [-0.2, 0) is 0 Å². The van der Waals surface area contributed by atoms with E-state index in [0.717, 1.165) is 0 Å². The summed E-state index contributed by atoms with van der Waals surface area (Å²) in [5, 5.41) is 8.38. The van der Waals surface area contributed by atoms with Gasteiger partial charge in [0.15, 0.2) is 0 Å². The number of rotatable bonds is 0. The van der Waals surface area contributed by atoms with Gasteiger partial charge in [-0.2, -0.15) is 0 Å². The molecule has 0 heterocycles. The molecule has 0 fully saturated rings. The quantitative estimate of drug-likeness (QED) is 0.211. The second-order valence-corrected chi connectivity index (χ2v) is 0.0833. The van der Waals surface area contributed by atoms with E-state index in [9.17, 15) is 0 Å². The summed E-state index contributed by atoms with van der Waals surface area (Å²) in [4.78, 5) is 8.12. The van der Waals surface area contributed by atoms with E-state index in [-0.39, 0.29) is 22.9 Å². The molecule has 0 radical (unpaired) electrons. The van der Waals surface area contributed by atoms with Gasteiger partial charge >= 0.3 is 17.6 Å². The van der Waals surface area contributed by atoms with Gasteiger partial charge in [0.1, 0.15) is 0 Å². The molecule has 4 heavy (non-hydrogen) atoms. The molecule has 3 nitrogen and oxygen atoms in total. The van der Waals surface area contributed by atoms with Crippen molar-refractivity contribution in [3.05, 3.63) is 10.1 Å². The maximum atomic E-state index is 8.12. The summed E-state index contributed by atoms with van der Waals surface area (Å²) in [5.41, 5.74) is 0. The standard InChI is InChI=1S/GeH4.HNO2/c;2-1-3/h1H4;1H. The van der Waals surface area contributed by atoms with Crippen LogP contribution >= 0.6 is 0 Å². The number of hydrogen-bond donors (Lipinski definition) is 1. The third-order valence-electron chi connectivity index (χ3n) is 0. The first-order valence-corrected chi connectivity index (χ1v) is 0.408. The van der Waals surface area contributed by atoms with Gasteiger partial charge < -0.3 is 0 Å². The van der Waals surface area contributed by atoms with Gasteiger partial charge in [0.05, 0.1) is 0 Å². The van der Waals surface area contributed by atoms with Gasteiger partial charge in [-0.1, -0.05) is 0 Å². The average Bonchev–Trinajstić information content (AvgIpc) is 0.918. The molecule has 26 valence electrons. The zero-order valence-electron chi connectivity index (χ0n) is 1.32. The molecule has 0 rings (SSSR count). The van der Waals surface area contributed by atoms with Gasteiger partial charge in [0, 0.05) is 5.34 Å². The Morgan fingerprint density at radius 1 is 1.75 bits per heavy atom. The minimum atomic E-state index is 0. The molecule has 0 aliphatic heterocycles. The van der Waals surface area contributed by atoms with E-state index in [0.29, 0.717) is 0 Å². The molecular weight excluding hydrogens is 119 g/mol. The molecule has 1 N–H and O–H groups in total. The van der Waals surface area contributed by atoms with Crippen molar-refractivity contribution < 1.29 is 5.34 Å². The molecular formula is H5GeNO2. The van der Waals surface area contributed by atoms with Crippen LogP contribution in [0, 0.1) is 10.1 Å². The SMILES string of the molecule is O=[NH+][O-].[GeH4]. The fraction of sp³-hybridized carbons (Fsp3) is 0. The van der Waals surface area contributed by atoms with Gasteiger partial charge in [0.25, 0.3) is 0 Å². The molecule has 0 aromatic rings. The summed E-state index contributed by atoms with van der Waals surface area (Å²) >= 11 is 0. The van der Waals surface area contributed by atoms with Gasteiger partial charge in [-0.05, 0) is 0 Å². The summed E-state index contributed by atoms with van der Waals surface area (Å²) in [6.07, 6.45) is 0. The first-order valence-electron chi connectivity index (χ1n) is 0.408. The summed E-state index contributed by atoms with van der Waals surface area (Å²) in [6, 6.07) is 0. The molecule has 0 amide bonds. The average molecular weight is 124 g/mol. The summed E-state index contributed by atoms with van der Waals surface area (Å²) in [6.45, 7) is 0. The Morgan fingerprint density at radius 2 is 1.75 bits per heavy atom. The van der Waals surface area contributed by atoms with E-state index >= 15 is 0 Å². The Balaban J connectivity index is 0. The number of hydrogen-bond acceptors (Lipinski definition) is 2. The van der Waals surface area contributed by atoms with Crippen molar-refractivity contribution >= 4 is 17.6 Å². The Bertz CT molecular complexity index is 13.5. The first kappa shape index (κ1) is 9.05. The zero-order chi connectivity index (χ0) is 2.71. The molecule has 0 bridgehead atoms. The van der Waals surface area contributed by atoms with E-state index in [1.54, 1.807) is 0 Å². The third-order valence-corrected chi connectivity index (χ3v) is 0. The van der Waals surface area contributed by atoms with Crippen LogP contribution in [0.15, 0.2) is 0 Å². The molecule has 0 aromatic carbocycles. The first-order chi connectivity index (χ1) is 1.41. The Morgan fingerprint density at radius 3 is 1.75 bits per heavy atom. The minimum absolute atomic E-state index is 0. The van der Waals surface area contributed by atoms with Crippen molar-refractivity contribution in [2.75, 3.05) is 0 Å². The van der Waals surface area contributed by atoms with E-state index in [1.165, 1.54) is 0 Å². The second-order valence-electron chi connectivity index (χ2n) is 0.0833. The molecule has 0 atom stereocenters. The molecule has 0 unspecified atom stereocenters. The monoisotopic (exact) mass is 125 g/mol. The van der Waals surface area contributed by atoms with Crippen molar-refractivity contribution in [2.24, 2.45) is 0 Å². The van der Waals surface area contributed by atoms with E-state index in [1.807, 2.05) is 0 Å². The fourth-order valence-corrected chi connectivity index (χ4v) is 0.